The first-order valence-corrected chi connectivity index (χ1v) is 10.5. The molecule has 1 unspecified atom stereocenters. The van der Waals surface area contributed by atoms with E-state index >= 15 is 0 Å². The molecule has 0 aromatic carbocycles. The van der Waals surface area contributed by atoms with E-state index in [2.05, 4.69) is 46.0 Å². The lowest BCUT2D eigenvalue weighted by Crippen LogP contribution is -2.47. The first-order chi connectivity index (χ1) is 15.4. The van der Waals surface area contributed by atoms with Crippen molar-refractivity contribution in [1.82, 2.24) is 4.57 Å². The van der Waals surface area contributed by atoms with Crippen LogP contribution in [0.5, 0.6) is 0 Å². The van der Waals surface area contributed by atoms with Gasteiger partial charge in [-0.05, 0) is 41.9 Å². The van der Waals surface area contributed by atoms with Crippen molar-refractivity contribution in [2.45, 2.75) is 43.4 Å². The van der Waals surface area contributed by atoms with E-state index in [9.17, 15) is 9.59 Å². The zero-order valence-corrected chi connectivity index (χ0v) is 18.6. The van der Waals surface area contributed by atoms with Gasteiger partial charge in [-0.2, -0.15) is 0 Å². The van der Waals surface area contributed by atoms with Crippen molar-refractivity contribution in [2.24, 2.45) is 15.3 Å². The molecule has 2 rings (SSSR count). The fourth-order valence-corrected chi connectivity index (χ4v) is 3.61. The molecule has 0 radical (unpaired) electrons. The fourth-order valence-electron chi connectivity index (χ4n) is 3.30. The molecule has 0 aliphatic carbocycles. The van der Waals surface area contributed by atoms with Crippen molar-refractivity contribution < 1.29 is 14.3 Å². The van der Waals surface area contributed by atoms with Crippen molar-refractivity contribution in [1.29, 1.82) is 0 Å². The molecule has 0 saturated carbocycles. The normalized spacial score (nSPS) is 18.1. The van der Waals surface area contributed by atoms with E-state index in [4.69, 9.17) is 26.1 Å². The largest absolute Gasteiger partial charge is 0.457 e. The van der Waals surface area contributed by atoms with Crippen molar-refractivity contribution in [3.05, 3.63) is 64.5 Å². The van der Waals surface area contributed by atoms with Gasteiger partial charge in [0.1, 0.15) is 11.6 Å². The van der Waals surface area contributed by atoms with Crippen LogP contribution < -0.4 is 5.56 Å². The highest BCUT2D eigenvalue weighted by molar-refractivity contribution is 9.10. The van der Waals surface area contributed by atoms with Crippen LogP contribution in [-0.4, -0.2) is 48.5 Å². The number of halogens is 1. The van der Waals surface area contributed by atoms with Crippen LogP contribution in [0.2, 0.25) is 0 Å². The second-order valence-electron chi connectivity index (χ2n) is 7.10. The van der Waals surface area contributed by atoms with Crippen molar-refractivity contribution >= 4 is 21.9 Å². The molecule has 1 aliphatic rings. The summed E-state index contributed by atoms with van der Waals surface area (Å²) in [5.41, 5.74) is 24.0. The molecule has 2 heterocycles. The summed E-state index contributed by atoms with van der Waals surface area (Å²) in [5, 5.41) is 10.3. The molecule has 0 spiro atoms. The van der Waals surface area contributed by atoms with Gasteiger partial charge in [-0.3, -0.25) is 4.79 Å². The van der Waals surface area contributed by atoms with Crippen LogP contribution in [0.3, 0.4) is 0 Å². The van der Waals surface area contributed by atoms with Gasteiger partial charge >= 0.3 is 5.97 Å². The monoisotopic (exact) mass is 508 g/mol. The second kappa shape index (κ2) is 12.6. The Morgan fingerprint density at radius 1 is 1.22 bits per heavy atom. The smallest absolute Gasteiger partial charge is 0.329 e. The summed E-state index contributed by atoms with van der Waals surface area (Å²) < 4.78 is 13.1. The molecule has 15 heteroatoms. The molecule has 1 aromatic rings. The van der Waals surface area contributed by atoms with Crippen molar-refractivity contribution in [3.8, 4) is 0 Å². The number of nitrogens with zero attached hydrogens (tertiary/aromatic N) is 10. The number of ether oxygens (including phenoxy) is 2. The van der Waals surface area contributed by atoms with Crippen LogP contribution in [0.15, 0.2) is 42.9 Å². The van der Waals surface area contributed by atoms with Gasteiger partial charge in [-0.1, -0.05) is 31.3 Å². The van der Waals surface area contributed by atoms with E-state index < -0.39 is 42.8 Å². The fraction of sp³-hybridized carbons (Fsp3) is 0.647. The molecule has 1 aromatic heterocycles. The molecule has 1 saturated heterocycles. The third-order valence-electron chi connectivity index (χ3n) is 4.86. The Bertz CT molecular complexity index is 955. The third kappa shape index (κ3) is 7.19. The summed E-state index contributed by atoms with van der Waals surface area (Å²) in [5.74, 6) is -0.835. The van der Waals surface area contributed by atoms with Gasteiger partial charge < -0.3 is 14.0 Å². The third-order valence-corrected chi connectivity index (χ3v) is 5.35. The van der Waals surface area contributed by atoms with Gasteiger partial charge in [0, 0.05) is 44.5 Å². The van der Waals surface area contributed by atoms with E-state index in [1.54, 1.807) is 6.07 Å². The summed E-state index contributed by atoms with van der Waals surface area (Å²) in [4.78, 5) is 33.8. The lowest BCUT2D eigenvalue weighted by molar-refractivity contribution is -0.163. The van der Waals surface area contributed by atoms with Gasteiger partial charge in [0.15, 0.2) is 0 Å². The Labute approximate surface area is 190 Å². The lowest BCUT2D eigenvalue weighted by Gasteiger charge is -2.33. The maximum atomic E-state index is 13.3. The summed E-state index contributed by atoms with van der Waals surface area (Å²) in [6.45, 7) is -0.754. The van der Waals surface area contributed by atoms with Crippen LogP contribution in [-0.2, 0) is 14.3 Å². The summed E-state index contributed by atoms with van der Waals surface area (Å²) in [6.07, 6.45) is 3.92. The van der Waals surface area contributed by atoms with E-state index in [0.717, 1.165) is 19.3 Å². The summed E-state index contributed by atoms with van der Waals surface area (Å²) >= 11 is 3.22. The lowest BCUT2D eigenvalue weighted by atomic mass is 10.0. The Morgan fingerprint density at radius 2 is 1.84 bits per heavy atom. The Balaban J connectivity index is 2.42. The zero-order valence-electron chi connectivity index (χ0n) is 17.0. The SMILES string of the molecule is [N-]=[N+]=NCC(CN=[N+]=[N-])(CN=[N+]=[N-])OC(=O)C(C[C@@H]1CCCCO1)n1ccc(Br)cc1=O. The number of carbonyl (C=O) groups excluding carboxylic acids is 1. The van der Waals surface area contributed by atoms with Gasteiger partial charge in [-0.15, -0.1) is 0 Å². The molecular formula is C17H21BrN10O4. The van der Waals surface area contributed by atoms with Gasteiger partial charge in [0.2, 0.25) is 0 Å². The molecule has 0 bridgehead atoms. The highest BCUT2D eigenvalue weighted by atomic mass is 79.9. The van der Waals surface area contributed by atoms with Crippen molar-refractivity contribution in [2.75, 3.05) is 26.2 Å². The average molecular weight is 509 g/mol. The minimum atomic E-state index is -1.70. The molecule has 1 aliphatic heterocycles. The number of hydrogen-bond donors (Lipinski definition) is 0. The number of rotatable bonds is 11. The number of azide groups is 3. The van der Waals surface area contributed by atoms with Crippen LogP contribution >= 0.6 is 15.9 Å². The summed E-state index contributed by atoms with van der Waals surface area (Å²) in [6, 6.07) is 1.85. The van der Waals surface area contributed by atoms with Crippen LogP contribution in [0.4, 0.5) is 0 Å². The molecule has 1 fully saturated rings. The molecule has 0 N–H and O–H groups in total. The molecule has 14 nitrogen and oxygen atoms in total. The highest BCUT2D eigenvalue weighted by Gasteiger charge is 2.37. The van der Waals surface area contributed by atoms with Crippen LogP contribution in [0.25, 0.3) is 31.3 Å². The van der Waals surface area contributed by atoms with Crippen LogP contribution in [0.1, 0.15) is 31.7 Å². The maximum Gasteiger partial charge on any atom is 0.329 e. The minimum Gasteiger partial charge on any atom is -0.457 e. The number of carbonyl (C=O) groups is 1. The average Bonchev–Trinajstić information content (AvgIpc) is 2.79. The molecule has 32 heavy (non-hydrogen) atoms. The van der Waals surface area contributed by atoms with Gasteiger partial charge in [-0.25, -0.2) is 4.79 Å². The second-order valence-corrected chi connectivity index (χ2v) is 8.02. The minimum absolute atomic E-state index is 0.168. The zero-order chi connectivity index (χ0) is 23.4. The molecule has 2 atom stereocenters. The Hall–Kier alpha value is -3.21. The van der Waals surface area contributed by atoms with E-state index in [0.29, 0.717) is 11.1 Å². The first-order valence-electron chi connectivity index (χ1n) is 9.69. The quantitative estimate of drug-likeness (QED) is 0.185. The molecular weight excluding hydrogens is 488 g/mol. The predicted molar refractivity (Wildman–Crippen MR) is 117 cm³/mol. The first kappa shape index (κ1) is 25.1. The number of hydrogen-bond acceptors (Lipinski definition) is 7. The Kier molecular flexibility index (Phi) is 9.86. The van der Waals surface area contributed by atoms with Crippen molar-refractivity contribution in [3.63, 3.8) is 0 Å². The van der Waals surface area contributed by atoms with Gasteiger partial charge in [0.25, 0.3) is 5.56 Å². The summed E-state index contributed by atoms with van der Waals surface area (Å²) in [7, 11) is 0. The number of aromatic nitrogens is 1. The standard InChI is InChI=1S/C17H21BrN10O4/c18-12-4-5-28(15(29)7-12)14(8-13-3-1-2-6-31-13)16(30)32-17(9-22-25-19,10-23-26-20)11-24-27-21/h4-5,7,13-14H,1-3,6,8-11H2/t13-,14?/m0/s1. The van der Waals surface area contributed by atoms with E-state index in [1.807, 2.05) is 0 Å². The Morgan fingerprint density at radius 3 is 2.34 bits per heavy atom. The molecule has 0 amide bonds. The predicted octanol–water partition coefficient (Wildman–Crippen LogP) is 4.32. The number of pyridine rings is 1. The maximum absolute atomic E-state index is 13.3. The van der Waals surface area contributed by atoms with Gasteiger partial charge in [0.05, 0.1) is 25.7 Å². The van der Waals surface area contributed by atoms with Crippen LogP contribution in [0, 0.1) is 0 Å². The topological polar surface area (TPSA) is 204 Å². The number of esters is 1. The van der Waals surface area contributed by atoms with E-state index in [1.165, 1.54) is 16.8 Å². The van der Waals surface area contributed by atoms with E-state index in [-0.39, 0.29) is 12.5 Å². The molecule has 170 valence electrons. The highest BCUT2D eigenvalue weighted by Crippen LogP contribution is 2.26.